The number of rotatable bonds is 5. The summed E-state index contributed by atoms with van der Waals surface area (Å²) in [6.45, 7) is 2.20. The Kier molecular flexibility index (Phi) is 5.34. The molecule has 4 rings (SSSR count). The topological polar surface area (TPSA) is 93.9 Å². The Morgan fingerprint density at radius 1 is 1.03 bits per heavy atom. The van der Waals surface area contributed by atoms with Crippen LogP contribution in [-0.2, 0) is 0 Å². The standard InChI is InChI=1S/C22H20N6O/c23-15-16-5-1-2-6-19(16)26-21(29)20-11-12-24-22(27-20)25-17-7-9-18(10-8-17)28-13-3-4-14-28/h1-2,5-12H,3-4,13-14H2,(H,26,29)(H,24,25,27). The number of benzene rings is 2. The van der Waals surface area contributed by atoms with Crippen LogP contribution in [-0.4, -0.2) is 29.0 Å². The minimum Gasteiger partial charge on any atom is -0.372 e. The molecule has 0 radical (unpaired) electrons. The first-order valence-electron chi connectivity index (χ1n) is 9.48. The second-order valence-corrected chi connectivity index (χ2v) is 6.74. The summed E-state index contributed by atoms with van der Waals surface area (Å²) in [6, 6.07) is 18.5. The Bertz CT molecular complexity index is 1050. The van der Waals surface area contributed by atoms with Gasteiger partial charge in [0.25, 0.3) is 5.91 Å². The van der Waals surface area contributed by atoms with Crippen molar-refractivity contribution in [2.24, 2.45) is 0 Å². The summed E-state index contributed by atoms with van der Waals surface area (Å²) in [5, 5.41) is 15.0. The van der Waals surface area contributed by atoms with E-state index >= 15 is 0 Å². The third-order valence-corrected chi connectivity index (χ3v) is 4.78. The number of nitrogens with zero attached hydrogens (tertiary/aromatic N) is 4. The van der Waals surface area contributed by atoms with Gasteiger partial charge < -0.3 is 15.5 Å². The molecule has 7 nitrogen and oxygen atoms in total. The zero-order chi connectivity index (χ0) is 20.1. The predicted octanol–water partition coefficient (Wildman–Crippen LogP) is 3.94. The molecule has 0 unspecified atom stereocenters. The van der Waals surface area contributed by atoms with Crippen LogP contribution in [0.15, 0.2) is 60.8 Å². The number of carbonyl (C=O) groups excluding carboxylic acids is 1. The lowest BCUT2D eigenvalue weighted by Gasteiger charge is -2.17. The van der Waals surface area contributed by atoms with Gasteiger partial charge in [-0.15, -0.1) is 0 Å². The molecule has 0 bridgehead atoms. The third-order valence-electron chi connectivity index (χ3n) is 4.78. The van der Waals surface area contributed by atoms with Gasteiger partial charge in [0.15, 0.2) is 0 Å². The number of hydrogen-bond donors (Lipinski definition) is 2. The summed E-state index contributed by atoms with van der Waals surface area (Å²) in [6.07, 6.45) is 4.00. The van der Waals surface area contributed by atoms with Crippen LogP contribution < -0.4 is 15.5 Å². The number of hydrogen-bond acceptors (Lipinski definition) is 6. The Morgan fingerprint density at radius 3 is 2.55 bits per heavy atom. The van der Waals surface area contributed by atoms with Crippen LogP contribution in [0.3, 0.4) is 0 Å². The van der Waals surface area contributed by atoms with Crippen molar-refractivity contribution in [1.82, 2.24) is 9.97 Å². The fourth-order valence-corrected chi connectivity index (χ4v) is 3.28. The maximum Gasteiger partial charge on any atom is 0.274 e. The molecule has 29 heavy (non-hydrogen) atoms. The van der Waals surface area contributed by atoms with Gasteiger partial charge >= 0.3 is 0 Å². The molecule has 1 aromatic heterocycles. The maximum absolute atomic E-state index is 12.5. The highest BCUT2D eigenvalue weighted by atomic mass is 16.1. The lowest BCUT2D eigenvalue weighted by atomic mass is 10.2. The Hall–Kier alpha value is -3.92. The van der Waals surface area contributed by atoms with E-state index in [4.69, 9.17) is 5.26 Å². The molecule has 1 amide bonds. The predicted molar refractivity (Wildman–Crippen MR) is 112 cm³/mol. The molecule has 0 saturated carbocycles. The number of anilines is 4. The fraction of sp³-hybridized carbons (Fsp3) is 0.182. The minimum absolute atomic E-state index is 0.212. The van der Waals surface area contributed by atoms with Crippen LogP contribution in [0.5, 0.6) is 0 Å². The van der Waals surface area contributed by atoms with Crippen LogP contribution in [0.2, 0.25) is 0 Å². The summed E-state index contributed by atoms with van der Waals surface area (Å²) >= 11 is 0. The van der Waals surface area contributed by atoms with Gasteiger partial charge in [0.05, 0.1) is 11.3 Å². The second-order valence-electron chi connectivity index (χ2n) is 6.74. The molecule has 1 fully saturated rings. The quantitative estimate of drug-likeness (QED) is 0.692. The maximum atomic E-state index is 12.5. The van der Waals surface area contributed by atoms with Gasteiger partial charge in [-0.1, -0.05) is 12.1 Å². The average molecular weight is 384 g/mol. The average Bonchev–Trinajstić information content (AvgIpc) is 3.30. The molecule has 1 aliphatic rings. The molecule has 0 aliphatic carbocycles. The number of amides is 1. The lowest BCUT2D eigenvalue weighted by Crippen LogP contribution is -2.17. The number of para-hydroxylation sites is 1. The van der Waals surface area contributed by atoms with E-state index in [1.165, 1.54) is 30.8 Å². The van der Waals surface area contributed by atoms with Crippen LogP contribution in [0, 0.1) is 11.3 Å². The summed E-state index contributed by atoms with van der Waals surface area (Å²) in [5.41, 5.74) is 3.11. The molecule has 2 aromatic carbocycles. The van der Waals surface area contributed by atoms with Crippen LogP contribution in [0.25, 0.3) is 0 Å². The van der Waals surface area contributed by atoms with Crippen molar-refractivity contribution in [3.8, 4) is 6.07 Å². The van der Waals surface area contributed by atoms with Gasteiger partial charge in [-0.3, -0.25) is 4.79 Å². The van der Waals surface area contributed by atoms with E-state index in [9.17, 15) is 4.79 Å². The monoisotopic (exact) mass is 384 g/mol. The molecule has 0 spiro atoms. The number of carbonyl (C=O) groups is 1. The molecular weight excluding hydrogens is 364 g/mol. The molecule has 1 aliphatic heterocycles. The van der Waals surface area contributed by atoms with Crippen LogP contribution >= 0.6 is 0 Å². The van der Waals surface area contributed by atoms with Crippen molar-refractivity contribution in [1.29, 1.82) is 5.26 Å². The van der Waals surface area contributed by atoms with Crippen molar-refractivity contribution in [3.05, 3.63) is 72.1 Å². The van der Waals surface area contributed by atoms with Crippen LogP contribution in [0.1, 0.15) is 28.9 Å². The SMILES string of the molecule is N#Cc1ccccc1NC(=O)c1ccnc(Nc2ccc(N3CCCC3)cc2)n1. The van der Waals surface area contributed by atoms with Gasteiger partial charge in [0.1, 0.15) is 11.8 Å². The summed E-state index contributed by atoms with van der Waals surface area (Å²) in [7, 11) is 0. The molecule has 3 aromatic rings. The van der Waals surface area contributed by atoms with Crippen molar-refractivity contribution in [3.63, 3.8) is 0 Å². The van der Waals surface area contributed by atoms with E-state index in [1.807, 2.05) is 12.1 Å². The van der Waals surface area contributed by atoms with Gasteiger partial charge in [-0.05, 0) is 55.3 Å². The van der Waals surface area contributed by atoms with E-state index in [0.717, 1.165) is 18.8 Å². The fourth-order valence-electron chi connectivity index (χ4n) is 3.28. The first kappa shape index (κ1) is 18.4. The first-order valence-corrected chi connectivity index (χ1v) is 9.48. The van der Waals surface area contributed by atoms with E-state index < -0.39 is 5.91 Å². The zero-order valence-electron chi connectivity index (χ0n) is 15.8. The molecule has 144 valence electrons. The molecular formula is C22H20N6O. The number of nitriles is 1. The first-order chi connectivity index (χ1) is 14.2. The van der Waals surface area contributed by atoms with Crippen molar-refractivity contribution >= 4 is 28.9 Å². The zero-order valence-corrected chi connectivity index (χ0v) is 15.8. The van der Waals surface area contributed by atoms with Gasteiger partial charge in [-0.2, -0.15) is 5.26 Å². The van der Waals surface area contributed by atoms with Crippen molar-refractivity contribution < 1.29 is 4.79 Å². The highest BCUT2D eigenvalue weighted by molar-refractivity contribution is 6.03. The molecule has 1 saturated heterocycles. The van der Waals surface area contributed by atoms with Crippen molar-refractivity contribution in [2.75, 3.05) is 28.6 Å². The van der Waals surface area contributed by atoms with Gasteiger partial charge in [0, 0.05) is 30.7 Å². The van der Waals surface area contributed by atoms with E-state index in [2.05, 4.69) is 43.7 Å². The second kappa shape index (κ2) is 8.40. The van der Waals surface area contributed by atoms with E-state index in [1.54, 1.807) is 24.3 Å². The smallest absolute Gasteiger partial charge is 0.274 e. The Balaban J connectivity index is 1.45. The van der Waals surface area contributed by atoms with Crippen molar-refractivity contribution in [2.45, 2.75) is 12.8 Å². The van der Waals surface area contributed by atoms with Gasteiger partial charge in [0.2, 0.25) is 5.95 Å². The Labute approximate surface area is 169 Å². The number of aromatic nitrogens is 2. The lowest BCUT2D eigenvalue weighted by molar-refractivity contribution is 0.102. The largest absolute Gasteiger partial charge is 0.372 e. The highest BCUT2D eigenvalue weighted by Gasteiger charge is 2.13. The van der Waals surface area contributed by atoms with E-state index in [-0.39, 0.29) is 5.69 Å². The Morgan fingerprint density at radius 2 is 1.79 bits per heavy atom. The molecule has 2 heterocycles. The summed E-state index contributed by atoms with van der Waals surface area (Å²) < 4.78 is 0. The summed E-state index contributed by atoms with van der Waals surface area (Å²) in [5.74, 6) is -0.0670. The molecule has 2 N–H and O–H groups in total. The summed E-state index contributed by atoms with van der Waals surface area (Å²) in [4.78, 5) is 23.4. The third kappa shape index (κ3) is 4.33. The van der Waals surface area contributed by atoms with E-state index in [0.29, 0.717) is 17.2 Å². The van der Waals surface area contributed by atoms with Crippen LogP contribution in [0.4, 0.5) is 23.0 Å². The number of nitrogens with one attached hydrogen (secondary N) is 2. The van der Waals surface area contributed by atoms with Gasteiger partial charge in [-0.25, -0.2) is 9.97 Å². The molecule has 0 atom stereocenters. The molecule has 7 heteroatoms. The normalized spacial score (nSPS) is 13.0. The highest BCUT2D eigenvalue weighted by Crippen LogP contribution is 2.23. The minimum atomic E-state index is -0.400.